The minimum atomic E-state index is -1.06. The molecule has 1 aromatic carbocycles. The average Bonchev–Trinajstić information content (AvgIpc) is 2.41. The van der Waals surface area contributed by atoms with E-state index in [0.717, 1.165) is 5.56 Å². The molecule has 1 atom stereocenters. The van der Waals surface area contributed by atoms with Crippen LogP contribution in [0.1, 0.15) is 5.56 Å². The summed E-state index contributed by atoms with van der Waals surface area (Å²) in [6.07, 6.45) is 0. The summed E-state index contributed by atoms with van der Waals surface area (Å²) in [5.74, 6) is -0.706. The van der Waals surface area contributed by atoms with Crippen molar-refractivity contribution < 1.29 is 24.2 Å². The number of carbonyl (C=O) groups excluding carboxylic acids is 1. The summed E-state index contributed by atoms with van der Waals surface area (Å²) in [4.78, 5) is 24.2. The van der Waals surface area contributed by atoms with E-state index in [1.807, 2.05) is 6.07 Å². The predicted molar refractivity (Wildman–Crippen MR) is 65.8 cm³/mol. The van der Waals surface area contributed by atoms with Gasteiger partial charge in [0.15, 0.2) is 6.04 Å². The standard InChI is InChI=1S/C13H15NO5/c1-18-10-4-2-3-9(5-10)6-14-11(13(16)17)7-19-8-12(14)15/h2-5,11H,6-8H2,1H3,(H,16,17). The van der Waals surface area contributed by atoms with Crippen LogP contribution in [0.15, 0.2) is 24.3 Å². The quantitative estimate of drug-likeness (QED) is 0.858. The zero-order valence-electron chi connectivity index (χ0n) is 10.5. The van der Waals surface area contributed by atoms with Gasteiger partial charge in [-0.25, -0.2) is 4.79 Å². The molecule has 0 bridgehead atoms. The molecule has 1 fully saturated rings. The molecule has 2 rings (SSSR count). The fraction of sp³-hybridized carbons (Fsp3) is 0.385. The molecule has 1 heterocycles. The molecular formula is C13H15NO5. The van der Waals surface area contributed by atoms with Crippen LogP contribution < -0.4 is 4.74 Å². The number of aliphatic carboxylic acids is 1. The van der Waals surface area contributed by atoms with Crippen molar-refractivity contribution in [3.8, 4) is 5.75 Å². The van der Waals surface area contributed by atoms with Gasteiger partial charge in [-0.15, -0.1) is 0 Å². The molecule has 0 saturated carbocycles. The molecule has 0 aromatic heterocycles. The highest BCUT2D eigenvalue weighted by molar-refractivity contribution is 5.85. The Kier molecular flexibility index (Phi) is 4.01. The van der Waals surface area contributed by atoms with Crippen LogP contribution in [0.25, 0.3) is 0 Å². The predicted octanol–water partition coefficient (Wildman–Crippen LogP) is 0.507. The summed E-state index contributed by atoms with van der Waals surface area (Å²) >= 11 is 0. The maximum absolute atomic E-state index is 11.8. The lowest BCUT2D eigenvalue weighted by Crippen LogP contribution is -2.52. The van der Waals surface area contributed by atoms with E-state index < -0.39 is 12.0 Å². The topological polar surface area (TPSA) is 76.1 Å². The van der Waals surface area contributed by atoms with Crippen LogP contribution in [-0.4, -0.2) is 48.2 Å². The summed E-state index contributed by atoms with van der Waals surface area (Å²) in [5.41, 5.74) is 0.820. The van der Waals surface area contributed by atoms with Gasteiger partial charge >= 0.3 is 5.97 Å². The molecule has 1 aromatic rings. The molecular weight excluding hydrogens is 250 g/mol. The minimum Gasteiger partial charge on any atom is -0.497 e. The molecule has 1 unspecified atom stereocenters. The van der Waals surface area contributed by atoms with Gasteiger partial charge in [-0.1, -0.05) is 12.1 Å². The van der Waals surface area contributed by atoms with Crippen LogP contribution in [0.4, 0.5) is 0 Å². The first kappa shape index (κ1) is 13.4. The van der Waals surface area contributed by atoms with E-state index in [1.54, 1.807) is 25.3 Å². The number of carboxylic acid groups (broad SMARTS) is 1. The second kappa shape index (κ2) is 5.71. The molecule has 1 amide bonds. The summed E-state index contributed by atoms with van der Waals surface area (Å²) < 4.78 is 10.1. The SMILES string of the molecule is COc1cccc(CN2C(=O)COCC2C(=O)O)c1. The van der Waals surface area contributed by atoms with Gasteiger partial charge in [-0.05, 0) is 17.7 Å². The highest BCUT2D eigenvalue weighted by Gasteiger charge is 2.33. The zero-order chi connectivity index (χ0) is 13.8. The smallest absolute Gasteiger partial charge is 0.328 e. The Morgan fingerprint density at radius 1 is 1.58 bits per heavy atom. The van der Waals surface area contributed by atoms with E-state index in [1.165, 1.54) is 4.90 Å². The zero-order valence-corrected chi connectivity index (χ0v) is 10.5. The van der Waals surface area contributed by atoms with E-state index in [2.05, 4.69) is 0 Å². The fourth-order valence-electron chi connectivity index (χ4n) is 1.98. The third-order valence-corrected chi connectivity index (χ3v) is 2.97. The number of rotatable bonds is 4. The van der Waals surface area contributed by atoms with Crippen molar-refractivity contribution in [1.29, 1.82) is 0 Å². The monoisotopic (exact) mass is 265 g/mol. The van der Waals surface area contributed by atoms with Gasteiger partial charge in [0.1, 0.15) is 12.4 Å². The molecule has 6 nitrogen and oxygen atoms in total. The number of morpholine rings is 1. The Morgan fingerprint density at radius 2 is 2.37 bits per heavy atom. The van der Waals surface area contributed by atoms with Crippen molar-refractivity contribution in [1.82, 2.24) is 4.90 Å². The Balaban J connectivity index is 2.18. The third-order valence-electron chi connectivity index (χ3n) is 2.97. The number of methoxy groups -OCH3 is 1. The van der Waals surface area contributed by atoms with Crippen molar-refractivity contribution >= 4 is 11.9 Å². The maximum atomic E-state index is 11.8. The number of carboxylic acids is 1. The molecule has 0 aliphatic carbocycles. The van der Waals surface area contributed by atoms with E-state index >= 15 is 0 Å². The van der Waals surface area contributed by atoms with E-state index in [-0.39, 0.29) is 25.7 Å². The number of hydrogen-bond acceptors (Lipinski definition) is 4. The molecule has 102 valence electrons. The second-order valence-corrected chi connectivity index (χ2v) is 4.24. The first-order chi connectivity index (χ1) is 9.11. The molecule has 1 aliphatic rings. The van der Waals surface area contributed by atoms with Crippen LogP contribution in [0, 0.1) is 0 Å². The summed E-state index contributed by atoms with van der Waals surface area (Å²) in [5, 5.41) is 9.11. The van der Waals surface area contributed by atoms with E-state index in [9.17, 15) is 9.59 Å². The van der Waals surface area contributed by atoms with Gasteiger partial charge in [-0.3, -0.25) is 4.79 Å². The van der Waals surface area contributed by atoms with Crippen molar-refractivity contribution in [2.45, 2.75) is 12.6 Å². The fourth-order valence-corrected chi connectivity index (χ4v) is 1.98. The molecule has 1 saturated heterocycles. The number of ether oxygens (including phenoxy) is 2. The van der Waals surface area contributed by atoms with Crippen molar-refractivity contribution in [3.05, 3.63) is 29.8 Å². The minimum absolute atomic E-state index is 0.0189. The van der Waals surface area contributed by atoms with Crippen molar-refractivity contribution in [3.63, 3.8) is 0 Å². The summed E-state index contributed by atoms with van der Waals surface area (Å²) in [6, 6.07) is 6.26. The first-order valence-corrected chi connectivity index (χ1v) is 5.85. The van der Waals surface area contributed by atoms with Crippen LogP contribution in [0.5, 0.6) is 5.75 Å². The number of benzene rings is 1. The second-order valence-electron chi connectivity index (χ2n) is 4.24. The van der Waals surface area contributed by atoms with Crippen LogP contribution >= 0.6 is 0 Å². The van der Waals surface area contributed by atoms with E-state index in [4.69, 9.17) is 14.6 Å². The molecule has 1 N–H and O–H groups in total. The molecule has 19 heavy (non-hydrogen) atoms. The highest BCUT2D eigenvalue weighted by atomic mass is 16.5. The number of nitrogens with zero attached hydrogens (tertiary/aromatic N) is 1. The Bertz CT molecular complexity index is 488. The average molecular weight is 265 g/mol. The summed E-state index contributed by atoms with van der Waals surface area (Å²) in [6.45, 7) is 0.176. The Morgan fingerprint density at radius 3 is 3.05 bits per heavy atom. The third kappa shape index (κ3) is 3.03. The lowest BCUT2D eigenvalue weighted by atomic mass is 10.1. The largest absolute Gasteiger partial charge is 0.497 e. The van der Waals surface area contributed by atoms with Gasteiger partial charge in [0, 0.05) is 6.54 Å². The molecule has 1 aliphatic heterocycles. The van der Waals surface area contributed by atoms with Gasteiger partial charge in [0.25, 0.3) is 0 Å². The molecule has 0 spiro atoms. The van der Waals surface area contributed by atoms with Gasteiger partial charge in [0.2, 0.25) is 5.91 Å². The lowest BCUT2D eigenvalue weighted by Gasteiger charge is -2.32. The molecule has 0 radical (unpaired) electrons. The van der Waals surface area contributed by atoms with Crippen molar-refractivity contribution in [2.24, 2.45) is 0 Å². The van der Waals surface area contributed by atoms with Gasteiger partial charge < -0.3 is 19.5 Å². The molecule has 6 heteroatoms. The van der Waals surface area contributed by atoms with Crippen LogP contribution in [0.2, 0.25) is 0 Å². The van der Waals surface area contributed by atoms with E-state index in [0.29, 0.717) is 5.75 Å². The van der Waals surface area contributed by atoms with Crippen molar-refractivity contribution in [2.75, 3.05) is 20.3 Å². The van der Waals surface area contributed by atoms with Crippen LogP contribution in [0.3, 0.4) is 0 Å². The first-order valence-electron chi connectivity index (χ1n) is 5.85. The maximum Gasteiger partial charge on any atom is 0.328 e. The normalized spacial score (nSPS) is 19.3. The van der Waals surface area contributed by atoms with Crippen LogP contribution in [-0.2, 0) is 20.9 Å². The number of amides is 1. The number of carbonyl (C=O) groups is 2. The lowest BCUT2D eigenvalue weighted by molar-refractivity contribution is -0.163. The highest BCUT2D eigenvalue weighted by Crippen LogP contribution is 2.17. The van der Waals surface area contributed by atoms with Gasteiger partial charge in [-0.2, -0.15) is 0 Å². The Hall–Kier alpha value is -2.08. The number of hydrogen-bond donors (Lipinski definition) is 1. The van der Waals surface area contributed by atoms with Gasteiger partial charge in [0.05, 0.1) is 13.7 Å². The summed E-state index contributed by atoms with van der Waals surface area (Å²) in [7, 11) is 1.55. The Labute approximate surface area is 110 Å².